The number of benzene rings is 2. The van der Waals surface area contributed by atoms with Crippen molar-refractivity contribution < 1.29 is 13.6 Å². The van der Waals surface area contributed by atoms with Crippen LogP contribution in [-0.4, -0.2) is 82.3 Å². The monoisotopic (exact) mass is 848 g/mol. The summed E-state index contributed by atoms with van der Waals surface area (Å²) in [6.45, 7) is 13.5. The number of halogens is 3. The molecule has 11 nitrogen and oxygen atoms in total. The molecule has 3 N–H and O–H groups in total. The van der Waals surface area contributed by atoms with E-state index in [9.17, 15) is 4.79 Å². The van der Waals surface area contributed by atoms with Crippen LogP contribution in [0.15, 0.2) is 72.7 Å². The molecule has 320 valence electrons. The SMILES string of the molecule is C=C1NC(=O)CCC1c1nn(C)c2cc(C3CCN(CC4CCN(c5ncc(Cl)c(Nc6ccc7c(c6)C6=C(CCC(F)(F)C(C8CC8)N6)C(=C)N7C)n5)CC4)CC3)ccc12. The van der Waals surface area contributed by atoms with Crippen LogP contribution in [0, 0.1) is 11.8 Å². The van der Waals surface area contributed by atoms with E-state index < -0.39 is 12.0 Å². The number of alkyl halides is 2. The van der Waals surface area contributed by atoms with Gasteiger partial charge in [0, 0.05) is 86.2 Å². The van der Waals surface area contributed by atoms with E-state index in [1.165, 1.54) is 5.56 Å². The quantitative estimate of drug-likeness (QED) is 0.161. The van der Waals surface area contributed by atoms with Gasteiger partial charge in [0.05, 0.1) is 29.1 Å². The summed E-state index contributed by atoms with van der Waals surface area (Å²) in [6, 6.07) is 11.9. The van der Waals surface area contributed by atoms with Gasteiger partial charge in [-0.15, -0.1) is 0 Å². The number of carbonyl (C=O) groups excluding carboxylic acids is 1. The van der Waals surface area contributed by atoms with E-state index in [1.807, 2.05) is 41.9 Å². The second-order valence-electron chi connectivity index (χ2n) is 18.3. The topological polar surface area (TPSA) is 106 Å². The third-order valence-corrected chi connectivity index (χ3v) is 14.6. The fourth-order valence-electron chi connectivity index (χ4n) is 10.6. The van der Waals surface area contributed by atoms with E-state index in [0.717, 1.165) is 134 Å². The first-order chi connectivity index (χ1) is 29.4. The lowest BCUT2D eigenvalue weighted by Crippen LogP contribution is -2.45. The molecule has 3 saturated heterocycles. The van der Waals surface area contributed by atoms with Crippen LogP contribution >= 0.6 is 11.6 Å². The molecule has 2 aromatic carbocycles. The number of piperidine rings is 3. The van der Waals surface area contributed by atoms with Gasteiger partial charge in [-0.1, -0.05) is 36.9 Å². The summed E-state index contributed by atoms with van der Waals surface area (Å²) in [7, 11) is 3.95. The van der Waals surface area contributed by atoms with Crippen molar-refractivity contribution in [2.45, 2.75) is 88.0 Å². The van der Waals surface area contributed by atoms with Crippen molar-refractivity contribution in [3.8, 4) is 0 Å². The van der Waals surface area contributed by atoms with E-state index in [-0.39, 0.29) is 30.6 Å². The molecule has 1 saturated carbocycles. The number of hydrogen-bond donors (Lipinski definition) is 3. The minimum Gasteiger partial charge on any atom is -0.375 e. The number of likely N-dealkylation sites (tertiary alicyclic amines) is 1. The van der Waals surface area contributed by atoms with Gasteiger partial charge in [0.25, 0.3) is 5.92 Å². The number of nitrogens with one attached hydrogen (secondary N) is 3. The molecule has 0 spiro atoms. The highest BCUT2D eigenvalue weighted by Crippen LogP contribution is 2.49. The first-order valence-corrected chi connectivity index (χ1v) is 22.4. The zero-order chi connectivity index (χ0) is 42.2. The van der Waals surface area contributed by atoms with Crippen LogP contribution in [-0.2, 0) is 11.8 Å². The molecule has 2 atom stereocenters. The molecule has 5 aliphatic heterocycles. The minimum absolute atomic E-state index is 0.0151. The Bertz CT molecular complexity index is 2440. The zero-order valence-electron chi connectivity index (χ0n) is 35.1. The number of fused-ring (bicyclic) bond motifs is 3. The van der Waals surface area contributed by atoms with Crippen LogP contribution in [0.1, 0.15) is 92.9 Å². The van der Waals surface area contributed by atoms with E-state index >= 15 is 8.78 Å². The molecule has 7 heterocycles. The van der Waals surface area contributed by atoms with Gasteiger partial charge < -0.3 is 30.7 Å². The van der Waals surface area contributed by atoms with Crippen molar-refractivity contribution in [2.24, 2.45) is 18.9 Å². The summed E-state index contributed by atoms with van der Waals surface area (Å²) in [5.74, 6) is -0.422. The minimum atomic E-state index is -2.79. The van der Waals surface area contributed by atoms with Gasteiger partial charge in [0.1, 0.15) is 5.02 Å². The van der Waals surface area contributed by atoms with Crippen molar-refractivity contribution in [3.05, 3.63) is 94.6 Å². The highest BCUT2D eigenvalue weighted by atomic mass is 35.5. The third kappa shape index (κ3) is 7.66. The first kappa shape index (κ1) is 40.1. The molecule has 4 aromatic rings. The van der Waals surface area contributed by atoms with Crippen LogP contribution in [0.4, 0.5) is 31.9 Å². The highest BCUT2D eigenvalue weighted by Gasteiger charge is 2.50. The molecule has 14 heteroatoms. The zero-order valence-corrected chi connectivity index (χ0v) is 35.9. The summed E-state index contributed by atoms with van der Waals surface area (Å²) < 4.78 is 32.7. The smallest absolute Gasteiger partial charge is 0.268 e. The Kier molecular flexibility index (Phi) is 10.3. The molecular formula is C47H55ClF2N10O. The summed E-state index contributed by atoms with van der Waals surface area (Å²) in [6.07, 6.45) is 9.04. The Labute approximate surface area is 361 Å². The first-order valence-electron chi connectivity index (χ1n) is 22.1. The van der Waals surface area contributed by atoms with Crippen molar-refractivity contribution in [3.63, 3.8) is 0 Å². The standard InChI is InChI=1S/C47H55ClF2N10O/c1-27-34(10-12-41(61)52-27)43-36-9-7-32(23-40(36)58(4)56-43)30-16-19-59(20-17-30)26-29-14-21-60(22-15-29)46-51-25-38(48)45(55-46)53-33-8-11-39-37(24-33)42-35(28(2)57(39)3)13-18-47(49,50)44(54-42)31-5-6-31/h7-9,11,23-25,29-31,34,44,54H,1-2,5-6,10,12-22,26H2,3-4H3,(H,52,61)(H,51,53,55). The van der Waals surface area contributed by atoms with Gasteiger partial charge in [-0.3, -0.25) is 9.48 Å². The Hall–Kier alpha value is -5.01. The molecule has 2 unspecified atom stereocenters. The molecule has 2 aromatic heterocycles. The van der Waals surface area contributed by atoms with Crippen LogP contribution in [0.5, 0.6) is 0 Å². The largest absolute Gasteiger partial charge is 0.375 e. The number of amides is 1. The van der Waals surface area contributed by atoms with Crippen molar-refractivity contribution in [1.82, 2.24) is 35.3 Å². The molecular weight excluding hydrogens is 794 g/mol. The summed E-state index contributed by atoms with van der Waals surface area (Å²) in [4.78, 5) is 28.3. The van der Waals surface area contributed by atoms with E-state index in [1.54, 1.807) is 6.20 Å². The molecule has 0 radical (unpaired) electrons. The summed E-state index contributed by atoms with van der Waals surface area (Å²) >= 11 is 6.69. The van der Waals surface area contributed by atoms with E-state index in [0.29, 0.717) is 35.0 Å². The number of anilines is 4. The highest BCUT2D eigenvalue weighted by molar-refractivity contribution is 6.32. The van der Waals surface area contributed by atoms with Gasteiger partial charge >= 0.3 is 0 Å². The normalized spacial score (nSPS) is 24.0. The van der Waals surface area contributed by atoms with Crippen LogP contribution in [0.3, 0.4) is 0 Å². The maximum absolute atomic E-state index is 15.4. The number of rotatable bonds is 8. The number of nitrogens with zero attached hydrogens (tertiary/aromatic N) is 7. The molecule has 10 rings (SSSR count). The van der Waals surface area contributed by atoms with Gasteiger partial charge in [-0.05, 0) is 118 Å². The molecule has 4 fully saturated rings. The average molecular weight is 849 g/mol. The molecule has 61 heavy (non-hydrogen) atoms. The number of aromatic nitrogens is 4. The maximum atomic E-state index is 15.4. The van der Waals surface area contributed by atoms with E-state index in [2.05, 4.69) is 62.1 Å². The lowest BCUT2D eigenvalue weighted by molar-refractivity contribution is -0.121. The van der Waals surface area contributed by atoms with Gasteiger partial charge in [0.15, 0.2) is 5.82 Å². The van der Waals surface area contributed by atoms with Crippen molar-refractivity contribution in [1.29, 1.82) is 0 Å². The lowest BCUT2D eigenvalue weighted by atomic mass is 9.87. The molecule has 0 bridgehead atoms. The van der Waals surface area contributed by atoms with Gasteiger partial charge in [0.2, 0.25) is 11.9 Å². The van der Waals surface area contributed by atoms with E-state index in [4.69, 9.17) is 21.7 Å². The Morgan fingerprint density at radius 1 is 0.967 bits per heavy atom. The van der Waals surface area contributed by atoms with Gasteiger partial charge in [-0.2, -0.15) is 10.1 Å². The maximum Gasteiger partial charge on any atom is 0.268 e. The van der Waals surface area contributed by atoms with Crippen molar-refractivity contribution in [2.75, 3.05) is 54.9 Å². The van der Waals surface area contributed by atoms with Gasteiger partial charge in [-0.25, -0.2) is 13.8 Å². The Morgan fingerprint density at radius 2 is 1.75 bits per heavy atom. The lowest BCUT2D eigenvalue weighted by Gasteiger charge is -2.38. The fraction of sp³-hybridized carbons (Fsp3) is 0.489. The molecule has 6 aliphatic rings. The number of hydrogen-bond acceptors (Lipinski definition) is 9. The van der Waals surface area contributed by atoms with Crippen LogP contribution in [0.25, 0.3) is 16.6 Å². The second-order valence-corrected chi connectivity index (χ2v) is 18.7. The Balaban J connectivity index is 0.753. The predicted octanol–water partition coefficient (Wildman–Crippen LogP) is 8.84. The number of allylic oxidation sites excluding steroid dienone is 2. The predicted molar refractivity (Wildman–Crippen MR) is 238 cm³/mol. The Morgan fingerprint density at radius 3 is 2.51 bits per heavy atom. The average Bonchev–Trinajstić information content (AvgIpc) is 4.06. The van der Waals surface area contributed by atoms with Crippen LogP contribution < -0.4 is 25.8 Å². The molecule has 1 amide bonds. The third-order valence-electron chi connectivity index (χ3n) is 14.3. The van der Waals surface area contributed by atoms with Crippen LogP contribution in [0.2, 0.25) is 5.02 Å². The fourth-order valence-corrected chi connectivity index (χ4v) is 10.7. The number of carbonyl (C=O) groups is 1. The number of aryl methyl sites for hydroxylation is 1. The summed E-state index contributed by atoms with van der Waals surface area (Å²) in [5.41, 5.74) is 9.19. The number of likely N-dealkylation sites (N-methyl/N-ethyl adjacent to an activating group) is 1. The molecule has 1 aliphatic carbocycles. The second kappa shape index (κ2) is 15.7. The van der Waals surface area contributed by atoms with Crippen molar-refractivity contribution >= 4 is 57.2 Å². The summed E-state index contributed by atoms with van der Waals surface area (Å²) in [5, 5.41) is 16.1.